The third-order valence-corrected chi connectivity index (χ3v) is 8.69. The van der Waals surface area contributed by atoms with Crippen molar-refractivity contribution < 1.29 is 42.6 Å². The molecule has 0 spiro atoms. The number of piperazine rings is 1. The first kappa shape index (κ1) is 33.4. The normalized spacial score (nSPS) is 15.4. The van der Waals surface area contributed by atoms with Gasteiger partial charge in [0.15, 0.2) is 0 Å². The number of fused-ring (bicyclic) bond motifs is 1. The van der Waals surface area contributed by atoms with E-state index < -0.39 is 23.9 Å². The van der Waals surface area contributed by atoms with Crippen LogP contribution in [0.3, 0.4) is 0 Å². The van der Waals surface area contributed by atoms with Gasteiger partial charge in [-0.3, -0.25) is 19.0 Å². The van der Waals surface area contributed by atoms with E-state index in [1.807, 2.05) is 0 Å². The van der Waals surface area contributed by atoms with E-state index in [2.05, 4.69) is 0 Å². The zero-order valence-electron chi connectivity index (χ0n) is 26.8. The first-order valence-corrected chi connectivity index (χ1v) is 15.8. The molecule has 250 valence electrons. The molecule has 5 rings (SSSR count). The molecule has 2 aliphatic heterocycles. The quantitative estimate of drug-likeness (QED) is 0.260. The molecule has 0 radical (unpaired) electrons. The molecular formula is C34H39FN4O8. The van der Waals surface area contributed by atoms with Crippen LogP contribution in [0.2, 0.25) is 0 Å². The number of hydrogen-bond acceptors (Lipinski definition) is 8. The number of methoxy groups -OCH3 is 1. The van der Waals surface area contributed by atoms with Crippen LogP contribution in [0.25, 0.3) is 10.9 Å². The Labute approximate surface area is 271 Å². The number of hydrogen-bond donors (Lipinski definition) is 0. The summed E-state index contributed by atoms with van der Waals surface area (Å²) < 4.78 is 30.3. The minimum Gasteiger partial charge on any atom is -0.496 e. The predicted octanol–water partition coefficient (Wildman–Crippen LogP) is 4.37. The van der Waals surface area contributed by atoms with Crippen LogP contribution in [-0.2, 0) is 20.7 Å². The molecule has 0 bridgehead atoms. The molecule has 0 unspecified atom stereocenters. The van der Waals surface area contributed by atoms with Gasteiger partial charge in [0.1, 0.15) is 11.6 Å². The lowest BCUT2D eigenvalue weighted by molar-refractivity contribution is -0.128. The van der Waals surface area contributed by atoms with Crippen molar-refractivity contribution in [3.05, 3.63) is 65.1 Å². The van der Waals surface area contributed by atoms with E-state index in [4.69, 9.17) is 14.2 Å². The summed E-state index contributed by atoms with van der Waals surface area (Å²) in [4.78, 5) is 70.5. The number of Topliss-reactive ketones (excluding diaryl/α,β-unsaturated/α-hetero) is 1. The number of ether oxygens (including phenoxy) is 3. The van der Waals surface area contributed by atoms with Gasteiger partial charge in [0.05, 0.1) is 37.0 Å². The lowest BCUT2D eigenvalue weighted by Crippen LogP contribution is -2.52. The van der Waals surface area contributed by atoms with Crippen LogP contribution in [0.5, 0.6) is 5.75 Å². The van der Waals surface area contributed by atoms with Crippen molar-refractivity contribution in [1.82, 2.24) is 19.3 Å². The van der Waals surface area contributed by atoms with Gasteiger partial charge < -0.3 is 28.9 Å². The fourth-order valence-corrected chi connectivity index (χ4v) is 6.14. The Hall–Kier alpha value is -4.94. The summed E-state index contributed by atoms with van der Waals surface area (Å²) in [6.45, 7) is 5.34. The second kappa shape index (κ2) is 14.7. The fourth-order valence-electron chi connectivity index (χ4n) is 6.14. The monoisotopic (exact) mass is 650 g/mol. The second-order valence-electron chi connectivity index (χ2n) is 11.6. The maximum absolute atomic E-state index is 13.9. The Bertz CT molecular complexity index is 1650. The zero-order valence-corrected chi connectivity index (χ0v) is 26.8. The number of likely N-dealkylation sites (tertiary alicyclic amines) is 1. The van der Waals surface area contributed by atoms with Gasteiger partial charge in [-0.15, -0.1) is 0 Å². The molecule has 12 nitrogen and oxygen atoms in total. The third kappa shape index (κ3) is 7.23. The van der Waals surface area contributed by atoms with Crippen LogP contribution < -0.4 is 4.74 Å². The zero-order chi connectivity index (χ0) is 33.7. The Balaban J connectivity index is 1.39. The highest BCUT2D eigenvalue weighted by molar-refractivity contribution is 6.45. The number of nitrogens with zero attached hydrogens (tertiary/aromatic N) is 4. The van der Waals surface area contributed by atoms with Crippen molar-refractivity contribution in [2.75, 3.05) is 59.6 Å². The van der Waals surface area contributed by atoms with E-state index in [0.717, 1.165) is 29.4 Å². The largest absolute Gasteiger partial charge is 0.496 e. The van der Waals surface area contributed by atoms with E-state index in [1.165, 1.54) is 47.4 Å². The molecule has 0 aliphatic carbocycles. The molecule has 0 N–H and O–H groups in total. The van der Waals surface area contributed by atoms with Gasteiger partial charge in [0.2, 0.25) is 0 Å². The molecule has 1 aromatic heterocycles. The van der Waals surface area contributed by atoms with Crippen molar-refractivity contribution in [2.45, 2.75) is 33.1 Å². The van der Waals surface area contributed by atoms with Crippen molar-refractivity contribution in [2.24, 2.45) is 5.92 Å². The number of amides is 3. The highest BCUT2D eigenvalue weighted by Crippen LogP contribution is 2.33. The van der Waals surface area contributed by atoms with Crippen LogP contribution in [0.4, 0.5) is 14.0 Å². The standard InChI is InChI=1S/C34H39FN4O8/c1-4-46-33(43)38-16-14-37(15-17-38)32(42)30(40)27-21-39(34(44)47-5-2)28-20-29(45-3)26(19-25(27)28)31(41)36-12-10-23(11-13-36)18-22-6-8-24(35)9-7-22/h6-9,19-21,23H,4-5,10-18H2,1-3H3. The number of aromatic nitrogens is 1. The Morgan fingerprint density at radius 3 is 2.02 bits per heavy atom. The molecule has 3 aromatic rings. The van der Waals surface area contributed by atoms with Gasteiger partial charge in [0, 0.05) is 56.9 Å². The number of halogens is 1. The number of carbonyl (C=O) groups excluding carboxylic acids is 5. The second-order valence-corrected chi connectivity index (χ2v) is 11.6. The molecule has 2 fully saturated rings. The summed E-state index contributed by atoms with van der Waals surface area (Å²) in [6.07, 6.45) is 2.33. The average molecular weight is 651 g/mol. The van der Waals surface area contributed by atoms with Gasteiger partial charge in [-0.1, -0.05) is 12.1 Å². The summed E-state index contributed by atoms with van der Waals surface area (Å²) in [5.74, 6) is -1.67. The van der Waals surface area contributed by atoms with Crippen LogP contribution in [0, 0.1) is 11.7 Å². The van der Waals surface area contributed by atoms with E-state index in [-0.39, 0.29) is 78.9 Å². The van der Waals surface area contributed by atoms with Crippen molar-refractivity contribution in [3.63, 3.8) is 0 Å². The topological polar surface area (TPSA) is 128 Å². The smallest absolute Gasteiger partial charge is 0.418 e. The maximum atomic E-state index is 13.9. The van der Waals surface area contributed by atoms with Crippen molar-refractivity contribution >= 4 is 40.7 Å². The van der Waals surface area contributed by atoms with Crippen LogP contribution in [-0.4, -0.2) is 109 Å². The lowest BCUT2D eigenvalue weighted by Gasteiger charge is -2.33. The highest BCUT2D eigenvalue weighted by Gasteiger charge is 2.33. The van der Waals surface area contributed by atoms with Crippen molar-refractivity contribution in [1.29, 1.82) is 0 Å². The number of piperidine rings is 1. The average Bonchev–Trinajstić information content (AvgIpc) is 3.47. The minimum absolute atomic E-state index is 0.0550. The number of ketones is 1. The Morgan fingerprint density at radius 1 is 0.787 bits per heavy atom. The third-order valence-electron chi connectivity index (χ3n) is 8.69. The summed E-state index contributed by atoms with van der Waals surface area (Å²) in [7, 11) is 1.41. The Morgan fingerprint density at radius 2 is 1.40 bits per heavy atom. The SMILES string of the molecule is CCOC(=O)N1CCN(C(=O)C(=O)c2cn(C(=O)OCC)c3cc(OC)c(C(=O)N4CCC(Cc5ccc(F)cc5)CC4)cc23)CC1. The number of rotatable bonds is 8. The first-order valence-electron chi connectivity index (χ1n) is 15.8. The minimum atomic E-state index is -0.854. The summed E-state index contributed by atoms with van der Waals surface area (Å²) >= 11 is 0. The molecule has 3 heterocycles. The molecule has 47 heavy (non-hydrogen) atoms. The summed E-state index contributed by atoms with van der Waals surface area (Å²) in [5.41, 5.74) is 1.43. The molecule has 2 aliphatic rings. The lowest BCUT2D eigenvalue weighted by atomic mass is 9.90. The van der Waals surface area contributed by atoms with Crippen LogP contribution in [0.15, 0.2) is 42.6 Å². The van der Waals surface area contributed by atoms with Crippen molar-refractivity contribution in [3.8, 4) is 5.75 Å². The van der Waals surface area contributed by atoms with Gasteiger partial charge >= 0.3 is 12.2 Å². The van der Waals surface area contributed by atoms with E-state index >= 15 is 0 Å². The summed E-state index contributed by atoms with van der Waals surface area (Å²) in [5, 5.41) is 0.233. The van der Waals surface area contributed by atoms with Crippen LogP contribution >= 0.6 is 0 Å². The van der Waals surface area contributed by atoms with E-state index in [1.54, 1.807) is 30.9 Å². The predicted molar refractivity (Wildman–Crippen MR) is 169 cm³/mol. The molecule has 2 aromatic carbocycles. The molecule has 2 saturated heterocycles. The summed E-state index contributed by atoms with van der Waals surface area (Å²) in [6, 6.07) is 9.45. The number of carbonyl (C=O) groups is 5. The molecule has 0 saturated carbocycles. The molecular weight excluding hydrogens is 611 g/mol. The molecule has 13 heteroatoms. The van der Waals surface area contributed by atoms with Gasteiger partial charge in [-0.25, -0.2) is 14.0 Å². The fraction of sp³-hybridized carbons (Fsp3) is 0.441. The van der Waals surface area contributed by atoms with E-state index in [0.29, 0.717) is 19.0 Å². The Kier molecular flexibility index (Phi) is 10.4. The van der Waals surface area contributed by atoms with Gasteiger partial charge in [-0.2, -0.15) is 0 Å². The maximum Gasteiger partial charge on any atom is 0.418 e. The van der Waals surface area contributed by atoms with Crippen LogP contribution in [0.1, 0.15) is 53.0 Å². The first-order chi connectivity index (χ1) is 22.6. The molecule has 0 atom stereocenters. The van der Waals surface area contributed by atoms with Gasteiger partial charge in [0.25, 0.3) is 17.6 Å². The van der Waals surface area contributed by atoms with E-state index in [9.17, 15) is 28.4 Å². The molecule has 3 amide bonds. The van der Waals surface area contributed by atoms with Gasteiger partial charge in [-0.05, 0) is 62.8 Å². The highest BCUT2D eigenvalue weighted by atomic mass is 19.1. The number of benzene rings is 2.